The van der Waals surface area contributed by atoms with Crippen molar-refractivity contribution in [3.05, 3.63) is 18.2 Å². The summed E-state index contributed by atoms with van der Waals surface area (Å²) in [5.74, 6) is 1.72. The first-order chi connectivity index (χ1) is 10.3. The molecule has 1 aromatic rings. The molecule has 3 rings (SSSR count). The van der Waals surface area contributed by atoms with Gasteiger partial charge in [-0.25, -0.2) is 0 Å². The maximum Gasteiger partial charge on any atom is 0.144 e. The molecule has 2 aliphatic rings. The molecule has 1 aromatic carbocycles. The molecule has 3 nitrogen and oxygen atoms in total. The van der Waals surface area contributed by atoms with Gasteiger partial charge in [0.05, 0.1) is 18.0 Å². The van der Waals surface area contributed by atoms with Crippen molar-refractivity contribution in [2.24, 2.45) is 5.92 Å². The van der Waals surface area contributed by atoms with Crippen molar-refractivity contribution in [1.29, 1.82) is 0 Å². The Labute approximate surface area is 128 Å². The standard InChI is InChI=1S/C18H28N2O/c1-2-13-21-17-11-5-9-16(18(17)19)20-12-6-10-15(20)14-7-3-4-8-14/h5,9,11,14-15H,2-4,6-8,10,12-13,19H2,1H3. The molecule has 1 saturated heterocycles. The molecule has 2 N–H and O–H groups in total. The largest absolute Gasteiger partial charge is 0.491 e. The zero-order valence-electron chi connectivity index (χ0n) is 13.2. The van der Waals surface area contributed by atoms with Crippen LogP contribution in [-0.4, -0.2) is 19.2 Å². The maximum atomic E-state index is 6.40. The molecular formula is C18H28N2O. The maximum absolute atomic E-state index is 6.40. The van der Waals surface area contributed by atoms with Gasteiger partial charge in [-0.15, -0.1) is 0 Å². The second-order valence-electron chi connectivity index (χ2n) is 6.48. The molecule has 1 aliphatic heterocycles. The van der Waals surface area contributed by atoms with Gasteiger partial charge in [0.2, 0.25) is 0 Å². The van der Waals surface area contributed by atoms with Gasteiger partial charge in [0.25, 0.3) is 0 Å². The lowest BCUT2D eigenvalue weighted by molar-refractivity contribution is 0.319. The monoisotopic (exact) mass is 288 g/mol. The topological polar surface area (TPSA) is 38.5 Å². The van der Waals surface area contributed by atoms with Gasteiger partial charge in [0, 0.05) is 12.6 Å². The SMILES string of the molecule is CCCOc1cccc(N2CCCC2C2CCCC2)c1N. The predicted molar refractivity (Wildman–Crippen MR) is 89.0 cm³/mol. The molecule has 0 aromatic heterocycles. The summed E-state index contributed by atoms with van der Waals surface area (Å²) in [6.45, 7) is 4.00. The molecule has 0 radical (unpaired) electrons. The molecule has 0 spiro atoms. The fourth-order valence-electron chi connectivity index (χ4n) is 4.04. The number of nitrogens with two attached hydrogens (primary N) is 1. The van der Waals surface area contributed by atoms with Gasteiger partial charge < -0.3 is 15.4 Å². The Morgan fingerprint density at radius 3 is 2.76 bits per heavy atom. The number of nitrogens with zero attached hydrogens (tertiary/aromatic N) is 1. The minimum atomic E-state index is 0.691. The Morgan fingerprint density at radius 1 is 1.19 bits per heavy atom. The lowest BCUT2D eigenvalue weighted by Gasteiger charge is -2.32. The van der Waals surface area contributed by atoms with Crippen LogP contribution in [-0.2, 0) is 0 Å². The zero-order chi connectivity index (χ0) is 14.7. The van der Waals surface area contributed by atoms with Crippen molar-refractivity contribution >= 4 is 11.4 Å². The molecule has 1 saturated carbocycles. The van der Waals surface area contributed by atoms with Gasteiger partial charge in [-0.3, -0.25) is 0 Å². The number of rotatable bonds is 5. The Bertz CT molecular complexity index is 468. The first-order valence-corrected chi connectivity index (χ1v) is 8.59. The highest BCUT2D eigenvalue weighted by Gasteiger charge is 2.34. The molecule has 21 heavy (non-hydrogen) atoms. The van der Waals surface area contributed by atoms with Gasteiger partial charge in [0.1, 0.15) is 5.75 Å². The zero-order valence-corrected chi connectivity index (χ0v) is 13.2. The van der Waals surface area contributed by atoms with E-state index in [1.54, 1.807) is 0 Å². The minimum absolute atomic E-state index is 0.691. The second kappa shape index (κ2) is 6.59. The van der Waals surface area contributed by atoms with Crippen molar-refractivity contribution in [2.45, 2.75) is 57.9 Å². The van der Waals surface area contributed by atoms with Gasteiger partial charge >= 0.3 is 0 Å². The van der Waals surface area contributed by atoms with Crippen LogP contribution in [0.15, 0.2) is 18.2 Å². The number of para-hydroxylation sites is 1. The van der Waals surface area contributed by atoms with E-state index in [-0.39, 0.29) is 0 Å². The van der Waals surface area contributed by atoms with E-state index in [0.717, 1.165) is 36.9 Å². The summed E-state index contributed by atoms with van der Waals surface area (Å²) < 4.78 is 5.80. The molecule has 0 bridgehead atoms. The minimum Gasteiger partial charge on any atom is -0.491 e. The summed E-state index contributed by atoms with van der Waals surface area (Å²) in [7, 11) is 0. The molecule has 2 fully saturated rings. The van der Waals surface area contributed by atoms with Crippen LogP contribution in [0.4, 0.5) is 11.4 Å². The van der Waals surface area contributed by atoms with Gasteiger partial charge in [-0.05, 0) is 50.2 Å². The highest BCUT2D eigenvalue weighted by Crippen LogP contribution is 2.41. The van der Waals surface area contributed by atoms with Crippen molar-refractivity contribution in [3.63, 3.8) is 0 Å². The normalized spacial score (nSPS) is 22.9. The molecule has 116 valence electrons. The Morgan fingerprint density at radius 2 is 2.00 bits per heavy atom. The smallest absolute Gasteiger partial charge is 0.144 e. The Kier molecular flexibility index (Phi) is 4.57. The van der Waals surface area contributed by atoms with E-state index < -0.39 is 0 Å². The third-order valence-corrected chi connectivity index (χ3v) is 5.06. The average molecular weight is 288 g/mol. The third kappa shape index (κ3) is 2.97. The summed E-state index contributed by atoms with van der Waals surface area (Å²) in [5, 5.41) is 0. The summed E-state index contributed by atoms with van der Waals surface area (Å²) in [6.07, 6.45) is 9.23. The summed E-state index contributed by atoms with van der Waals surface area (Å²) in [5.41, 5.74) is 8.42. The van der Waals surface area contributed by atoms with E-state index in [9.17, 15) is 0 Å². The first kappa shape index (κ1) is 14.6. The molecule has 1 atom stereocenters. The fourth-order valence-corrected chi connectivity index (χ4v) is 4.04. The highest BCUT2D eigenvalue weighted by molar-refractivity contribution is 5.74. The Hall–Kier alpha value is -1.38. The number of hydrogen-bond acceptors (Lipinski definition) is 3. The number of hydrogen-bond donors (Lipinski definition) is 1. The van der Waals surface area contributed by atoms with Crippen LogP contribution in [0, 0.1) is 5.92 Å². The number of benzene rings is 1. The molecule has 0 amide bonds. The van der Waals surface area contributed by atoms with Gasteiger partial charge in [-0.1, -0.05) is 25.8 Å². The number of anilines is 2. The number of ether oxygens (including phenoxy) is 1. The molecule has 1 heterocycles. The van der Waals surface area contributed by atoms with Crippen LogP contribution in [0.25, 0.3) is 0 Å². The van der Waals surface area contributed by atoms with Gasteiger partial charge in [-0.2, -0.15) is 0 Å². The van der Waals surface area contributed by atoms with E-state index >= 15 is 0 Å². The second-order valence-corrected chi connectivity index (χ2v) is 6.48. The number of nitrogen functional groups attached to an aromatic ring is 1. The molecule has 1 aliphatic carbocycles. The van der Waals surface area contributed by atoms with Crippen molar-refractivity contribution < 1.29 is 4.74 Å². The molecule has 3 heteroatoms. The average Bonchev–Trinajstić information content (AvgIpc) is 3.16. The highest BCUT2D eigenvalue weighted by atomic mass is 16.5. The van der Waals surface area contributed by atoms with Gasteiger partial charge in [0.15, 0.2) is 0 Å². The molecular weight excluding hydrogens is 260 g/mol. The lowest BCUT2D eigenvalue weighted by atomic mass is 9.95. The van der Waals surface area contributed by atoms with Crippen molar-refractivity contribution in [1.82, 2.24) is 0 Å². The van der Waals surface area contributed by atoms with E-state index in [0.29, 0.717) is 6.04 Å². The van der Waals surface area contributed by atoms with Crippen LogP contribution < -0.4 is 15.4 Å². The fraction of sp³-hybridized carbons (Fsp3) is 0.667. The first-order valence-electron chi connectivity index (χ1n) is 8.59. The van der Waals surface area contributed by atoms with Crippen LogP contribution >= 0.6 is 0 Å². The summed E-state index contributed by atoms with van der Waals surface area (Å²) >= 11 is 0. The Balaban J connectivity index is 1.81. The van der Waals surface area contributed by atoms with E-state index in [4.69, 9.17) is 10.5 Å². The van der Waals surface area contributed by atoms with Crippen LogP contribution in [0.1, 0.15) is 51.9 Å². The van der Waals surface area contributed by atoms with Crippen molar-refractivity contribution in [3.8, 4) is 5.75 Å². The van der Waals surface area contributed by atoms with E-state index in [1.807, 2.05) is 6.07 Å². The van der Waals surface area contributed by atoms with Crippen LogP contribution in [0.2, 0.25) is 0 Å². The summed E-state index contributed by atoms with van der Waals surface area (Å²) in [4.78, 5) is 2.56. The van der Waals surface area contributed by atoms with E-state index in [2.05, 4.69) is 24.0 Å². The van der Waals surface area contributed by atoms with Crippen molar-refractivity contribution in [2.75, 3.05) is 23.8 Å². The predicted octanol–water partition coefficient (Wildman–Crippen LogP) is 4.22. The third-order valence-electron chi connectivity index (χ3n) is 5.06. The molecule has 1 unspecified atom stereocenters. The van der Waals surface area contributed by atoms with Crippen LogP contribution in [0.3, 0.4) is 0 Å². The van der Waals surface area contributed by atoms with Crippen LogP contribution in [0.5, 0.6) is 5.75 Å². The quantitative estimate of drug-likeness (QED) is 0.825. The summed E-state index contributed by atoms with van der Waals surface area (Å²) in [6, 6.07) is 6.94. The van der Waals surface area contributed by atoms with E-state index in [1.165, 1.54) is 44.2 Å². The lowest BCUT2D eigenvalue weighted by Crippen LogP contribution is -2.35.